The van der Waals surface area contributed by atoms with Crippen LogP contribution in [-0.4, -0.2) is 25.3 Å². The molecule has 1 saturated carbocycles. The Hall–Kier alpha value is -3.54. The monoisotopic (exact) mass is 381 g/mol. The van der Waals surface area contributed by atoms with Gasteiger partial charge in [0.05, 0.1) is 22.9 Å². The molecule has 0 amide bonds. The van der Waals surface area contributed by atoms with Crippen molar-refractivity contribution < 1.29 is 4.52 Å². The van der Waals surface area contributed by atoms with Gasteiger partial charge in [0.15, 0.2) is 0 Å². The van der Waals surface area contributed by atoms with Crippen LogP contribution in [-0.2, 0) is 0 Å². The van der Waals surface area contributed by atoms with Crippen LogP contribution in [0.2, 0.25) is 0 Å². The summed E-state index contributed by atoms with van der Waals surface area (Å²) in [5.41, 5.74) is 6.70. The zero-order valence-electron chi connectivity index (χ0n) is 16.2. The van der Waals surface area contributed by atoms with E-state index in [1.165, 1.54) is 12.8 Å². The summed E-state index contributed by atoms with van der Waals surface area (Å²) in [5.74, 6) is 2.40. The van der Waals surface area contributed by atoms with E-state index in [9.17, 15) is 0 Å². The Morgan fingerprint density at radius 2 is 1.97 bits per heavy atom. The van der Waals surface area contributed by atoms with Gasteiger partial charge in [-0.25, -0.2) is 4.98 Å². The van der Waals surface area contributed by atoms with Crippen LogP contribution in [0.1, 0.15) is 36.0 Å². The summed E-state index contributed by atoms with van der Waals surface area (Å²) in [6.07, 6.45) is 4.19. The minimum Gasteiger partial charge on any atom is -0.361 e. The third-order valence-electron chi connectivity index (χ3n) is 5.72. The number of nitrogens with one attached hydrogen (secondary N) is 1. The molecule has 0 spiro atoms. The summed E-state index contributed by atoms with van der Waals surface area (Å²) >= 11 is 0. The van der Waals surface area contributed by atoms with E-state index in [0.717, 1.165) is 61.5 Å². The lowest BCUT2D eigenvalue weighted by Crippen LogP contribution is -1.92. The topological polar surface area (TPSA) is 80.5 Å². The van der Waals surface area contributed by atoms with Gasteiger partial charge in [0, 0.05) is 27.8 Å². The van der Waals surface area contributed by atoms with E-state index in [1.54, 1.807) is 6.20 Å². The van der Waals surface area contributed by atoms with Crippen molar-refractivity contribution in [1.29, 1.82) is 0 Å². The number of nitrogens with zero attached hydrogens (tertiary/aromatic N) is 4. The van der Waals surface area contributed by atoms with E-state index in [2.05, 4.69) is 44.6 Å². The Morgan fingerprint density at radius 3 is 2.76 bits per heavy atom. The molecule has 3 aromatic heterocycles. The van der Waals surface area contributed by atoms with Gasteiger partial charge in [-0.2, -0.15) is 5.10 Å². The van der Waals surface area contributed by atoms with Crippen LogP contribution >= 0.6 is 0 Å². The lowest BCUT2D eigenvalue weighted by molar-refractivity contribution is 0.393. The van der Waals surface area contributed by atoms with Crippen molar-refractivity contribution >= 4 is 21.8 Å². The van der Waals surface area contributed by atoms with Gasteiger partial charge in [-0.1, -0.05) is 29.4 Å². The molecule has 6 heteroatoms. The summed E-state index contributed by atoms with van der Waals surface area (Å²) in [6, 6.07) is 12.5. The average molecular weight is 381 g/mol. The van der Waals surface area contributed by atoms with Crippen LogP contribution in [0.3, 0.4) is 0 Å². The van der Waals surface area contributed by atoms with Gasteiger partial charge in [0.25, 0.3) is 0 Å². The molecule has 3 heterocycles. The number of aromatic amines is 1. The first kappa shape index (κ1) is 16.4. The number of benzene rings is 2. The third kappa shape index (κ3) is 2.56. The molecule has 0 saturated heterocycles. The molecule has 6 nitrogen and oxygen atoms in total. The van der Waals surface area contributed by atoms with E-state index < -0.39 is 0 Å². The summed E-state index contributed by atoms with van der Waals surface area (Å²) in [4.78, 5) is 8.51. The van der Waals surface area contributed by atoms with Gasteiger partial charge < -0.3 is 9.51 Å². The van der Waals surface area contributed by atoms with Crippen molar-refractivity contribution in [3.8, 4) is 22.4 Å². The van der Waals surface area contributed by atoms with Gasteiger partial charge >= 0.3 is 0 Å². The predicted octanol–water partition coefficient (Wildman–Crippen LogP) is 5.32. The van der Waals surface area contributed by atoms with Gasteiger partial charge in [0.2, 0.25) is 0 Å². The molecule has 1 aliphatic carbocycles. The largest absolute Gasteiger partial charge is 0.361 e. The van der Waals surface area contributed by atoms with Gasteiger partial charge in [-0.15, -0.1) is 5.10 Å². The molecular weight excluding hydrogens is 362 g/mol. The minimum absolute atomic E-state index is 0.538. The molecule has 29 heavy (non-hydrogen) atoms. The van der Waals surface area contributed by atoms with Gasteiger partial charge in [-0.3, -0.25) is 0 Å². The van der Waals surface area contributed by atoms with Crippen molar-refractivity contribution in [2.75, 3.05) is 0 Å². The number of fused-ring (bicyclic) bond motifs is 2. The zero-order chi connectivity index (χ0) is 19.5. The van der Waals surface area contributed by atoms with E-state index >= 15 is 0 Å². The Labute approximate surface area is 167 Å². The van der Waals surface area contributed by atoms with Crippen LogP contribution in [0, 0.1) is 13.8 Å². The maximum absolute atomic E-state index is 5.43. The SMILES string of the molecule is Cc1noc(C)c1-c1cc(-c2nncc3ccccc23)c2nc(C3CC3)[nH]c2c1. The second-order valence-corrected chi connectivity index (χ2v) is 7.80. The number of H-pyrrole nitrogens is 1. The quantitative estimate of drug-likeness (QED) is 0.457. The molecule has 142 valence electrons. The summed E-state index contributed by atoms with van der Waals surface area (Å²) < 4.78 is 5.43. The van der Waals surface area contributed by atoms with Gasteiger partial charge in [-0.05, 0) is 44.4 Å². The first-order valence-corrected chi connectivity index (χ1v) is 9.87. The van der Waals surface area contributed by atoms with Crippen molar-refractivity contribution in [3.63, 3.8) is 0 Å². The van der Waals surface area contributed by atoms with Crippen molar-refractivity contribution in [2.24, 2.45) is 0 Å². The van der Waals surface area contributed by atoms with Gasteiger partial charge in [0.1, 0.15) is 17.3 Å². The molecule has 0 radical (unpaired) electrons. The van der Waals surface area contributed by atoms with Crippen LogP contribution in [0.15, 0.2) is 47.1 Å². The van der Waals surface area contributed by atoms with Crippen LogP contribution in [0.25, 0.3) is 44.2 Å². The Kier molecular flexibility index (Phi) is 3.38. The molecule has 0 atom stereocenters. The molecular formula is C23H19N5O. The number of aryl methyl sites for hydroxylation is 2. The molecule has 0 bridgehead atoms. The lowest BCUT2D eigenvalue weighted by Gasteiger charge is -2.09. The molecule has 1 fully saturated rings. The highest BCUT2D eigenvalue weighted by Gasteiger charge is 2.28. The molecule has 0 aliphatic heterocycles. The van der Waals surface area contributed by atoms with Crippen LogP contribution < -0.4 is 0 Å². The van der Waals surface area contributed by atoms with Crippen molar-refractivity contribution in [2.45, 2.75) is 32.6 Å². The molecule has 0 unspecified atom stereocenters. The third-order valence-corrected chi connectivity index (χ3v) is 5.72. The highest BCUT2D eigenvalue weighted by Crippen LogP contribution is 2.42. The zero-order valence-corrected chi connectivity index (χ0v) is 16.2. The summed E-state index contributed by atoms with van der Waals surface area (Å²) in [6.45, 7) is 3.91. The smallest absolute Gasteiger partial charge is 0.141 e. The first-order chi connectivity index (χ1) is 14.2. The van der Waals surface area contributed by atoms with Crippen molar-refractivity contribution in [1.82, 2.24) is 25.3 Å². The van der Waals surface area contributed by atoms with E-state index in [0.29, 0.717) is 5.92 Å². The molecule has 1 N–H and O–H groups in total. The van der Waals surface area contributed by atoms with Crippen LogP contribution in [0.5, 0.6) is 0 Å². The fourth-order valence-corrected chi connectivity index (χ4v) is 4.13. The Morgan fingerprint density at radius 1 is 1.10 bits per heavy atom. The average Bonchev–Trinajstić information content (AvgIpc) is 3.42. The van der Waals surface area contributed by atoms with Crippen molar-refractivity contribution in [3.05, 3.63) is 59.9 Å². The second-order valence-electron chi connectivity index (χ2n) is 7.80. The Balaban J connectivity index is 1.69. The Bertz CT molecular complexity index is 1370. The second kappa shape index (κ2) is 5.98. The number of aromatic nitrogens is 5. The molecule has 5 aromatic rings. The number of hydrogen-bond donors (Lipinski definition) is 1. The first-order valence-electron chi connectivity index (χ1n) is 9.87. The standard InChI is InChI=1S/C23H19N5O/c1-12-20(13(2)29-28-12)16-9-18(21-17-6-4-3-5-15(17)11-24-27-21)22-19(10-16)25-23(26-22)14-7-8-14/h3-6,9-11,14H,7-8H2,1-2H3,(H,25,26). The van der Waals surface area contributed by atoms with E-state index in [1.807, 2.05) is 26.0 Å². The summed E-state index contributed by atoms with van der Waals surface area (Å²) in [5, 5.41) is 15.0. The van der Waals surface area contributed by atoms with E-state index in [4.69, 9.17) is 9.51 Å². The fraction of sp³-hybridized carbons (Fsp3) is 0.217. The molecule has 6 rings (SSSR count). The van der Waals surface area contributed by atoms with Crippen LogP contribution in [0.4, 0.5) is 0 Å². The number of hydrogen-bond acceptors (Lipinski definition) is 5. The fourth-order valence-electron chi connectivity index (χ4n) is 4.13. The molecule has 1 aliphatic rings. The summed E-state index contributed by atoms with van der Waals surface area (Å²) in [7, 11) is 0. The maximum Gasteiger partial charge on any atom is 0.141 e. The maximum atomic E-state index is 5.43. The number of rotatable bonds is 3. The highest BCUT2D eigenvalue weighted by atomic mass is 16.5. The minimum atomic E-state index is 0.538. The normalized spacial score (nSPS) is 14.1. The highest BCUT2D eigenvalue weighted by molar-refractivity contribution is 6.03. The predicted molar refractivity (Wildman–Crippen MR) is 112 cm³/mol. The lowest BCUT2D eigenvalue weighted by atomic mass is 9.97. The molecule has 2 aromatic carbocycles. The number of imidazole rings is 1. The van der Waals surface area contributed by atoms with E-state index in [-0.39, 0.29) is 0 Å².